The minimum absolute atomic E-state index is 0.232. The minimum atomic E-state index is -0.376. The van der Waals surface area contributed by atoms with Crippen LogP contribution in [0.1, 0.15) is 42.1 Å². The molecule has 3 amide bonds. The molecule has 3 aromatic rings. The third kappa shape index (κ3) is 7.09. The average molecular weight is 564 g/mol. The first-order chi connectivity index (χ1) is 18.8. The van der Waals surface area contributed by atoms with Crippen LogP contribution in [0.5, 0.6) is 0 Å². The molecule has 0 atom stereocenters. The number of halogens is 1. The molecule has 7 nitrogen and oxygen atoms in total. The molecule has 3 aromatic carbocycles. The van der Waals surface area contributed by atoms with Crippen molar-refractivity contribution >= 4 is 52.5 Å². The van der Waals surface area contributed by atoms with Gasteiger partial charge in [-0.1, -0.05) is 55.4 Å². The predicted octanol–water partition coefficient (Wildman–Crippen LogP) is 6.54. The molecule has 1 aliphatic heterocycles. The van der Waals surface area contributed by atoms with Gasteiger partial charge in [0.2, 0.25) is 0 Å². The Kier molecular flexibility index (Phi) is 9.45. The van der Waals surface area contributed by atoms with E-state index < -0.39 is 0 Å². The van der Waals surface area contributed by atoms with Crippen LogP contribution >= 0.6 is 23.4 Å². The van der Waals surface area contributed by atoms with Crippen molar-refractivity contribution in [2.75, 3.05) is 30.9 Å². The molecule has 0 saturated heterocycles. The lowest BCUT2D eigenvalue weighted by molar-refractivity contribution is -0.137. The lowest BCUT2D eigenvalue weighted by Gasteiger charge is -2.15. The Morgan fingerprint density at radius 1 is 0.974 bits per heavy atom. The molecule has 1 heterocycles. The molecule has 0 saturated carbocycles. The Labute approximate surface area is 237 Å². The molecule has 2 N–H and O–H groups in total. The number of amides is 3. The largest absolute Gasteiger partial charge is 0.385 e. The molecular weight excluding hydrogens is 534 g/mol. The number of anilines is 2. The summed E-state index contributed by atoms with van der Waals surface area (Å²) in [6, 6.07) is 21.6. The third-order valence-corrected chi connectivity index (χ3v) is 7.45. The van der Waals surface area contributed by atoms with E-state index in [-0.39, 0.29) is 30.0 Å². The van der Waals surface area contributed by atoms with Crippen molar-refractivity contribution in [2.45, 2.75) is 31.1 Å². The maximum absolute atomic E-state index is 13.4. The number of nitrogens with one attached hydrogen (secondary N) is 2. The van der Waals surface area contributed by atoms with E-state index in [9.17, 15) is 14.4 Å². The van der Waals surface area contributed by atoms with Crippen LogP contribution in [0.15, 0.2) is 88.3 Å². The van der Waals surface area contributed by atoms with E-state index >= 15 is 0 Å². The van der Waals surface area contributed by atoms with Gasteiger partial charge in [0.25, 0.3) is 17.7 Å². The fourth-order valence-electron chi connectivity index (χ4n) is 3.98. The number of thioether (sulfide) groups is 1. The zero-order valence-electron chi connectivity index (χ0n) is 22.0. The molecule has 0 unspecified atom stereocenters. The van der Waals surface area contributed by atoms with Crippen molar-refractivity contribution in [3.05, 3.63) is 99.5 Å². The van der Waals surface area contributed by atoms with E-state index in [1.54, 1.807) is 49.6 Å². The smallest absolute Gasteiger partial charge is 0.278 e. The Morgan fingerprint density at radius 2 is 1.69 bits per heavy atom. The predicted molar refractivity (Wildman–Crippen MR) is 156 cm³/mol. The number of carbonyl (C=O) groups excluding carboxylic acids is 3. The number of carbonyl (C=O) groups is 3. The number of hydrogen-bond donors (Lipinski definition) is 2. The van der Waals surface area contributed by atoms with Crippen molar-refractivity contribution in [2.24, 2.45) is 0 Å². The van der Waals surface area contributed by atoms with Gasteiger partial charge in [-0.25, -0.2) is 0 Å². The normalized spacial score (nSPS) is 13.4. The van der Waals surface area contributed by atoms with Crippen LogP contribution in [0.4, 0.5) is 11.4 Å². The average Bonchev–Trinajstić information content (AvgIpc) is 3.13. The number of methoxy groups -OCH3 is 1. The topological polar surface area (TPSA) is 87.7 Å². The van der Waals surface area contributed by atoms with E-state index in [1.807, 2.05) is 30.3 Å². The Bertz CT molecular complexity index is 1390. The minimum Gasteiger partial charge on any atom is -0.385 e. The van der Waals surface area contributed by atoms with Crippen LogP contribution in [0.3, 0.4) is 0 Å². The number of ether oxygens (including phenoxy) is 1. The quantitative estimate of drug-likeness (QED) is 0.203. The van der Waals surface area contributed by atoms with Crippen molar-refractivity contribution in [3.63, 3.8) is 0 Å². The first-order valence-corrected chi connectivity index (χ1v) is 13.8. The molecule has 0 aliphatic carbocycles. The highest BCUT2D eigenvalue weighted by Gasteiger charge is 2.38. The van der Waals surface area contributed by atoms with Gasteiger partial charge < -0.3 is 15.4 Å². The Morgan fingerprint density at radius 3 is 2.36 bits per heavy atom. The highest BCUT2D eigenvalue weighted by Crippen LogP contribution is 2.37. The molecule has 0 radical (unpaired) electrons. The van der Waals surface area contributed by atoms with Gasteiger partial charge in [-0.2, -0.15) is 0 Å². The van der Waals surface area contributed by atoms with Gasteiger partial charge in [-0.05, 0) is 72.5 Å². The summed E-state index contributed by atoms with van der Waals surface area (Å²) in [4.78, 5) is 41.7. The monoisotopic (exact) mass is 563 g/mol. The van der Waals surface area contributed by atoms with Crippen LogP contribution in [0.2, 0.25) is 5.02 Å². The summed E-state index contributed by atoms with van der Waals surface area (Å²) in [5.74, 6) is -0.642. The number of nitrogens with zero attached hydrogens (tertiary/aromatic N) is 1. The van der Waals surface area contributed by atoms with Crippen molar-refractivity contribution in [1.29, 1.82) is 0 Å². The second-order valence-corrected chi connectivity index (χ2v) is 10.8. The van der Waals surface area contributed by atoms with Crippen LogP contribution in [0, 0.1) is 0 Å². The van der Waals surface area contributed by atoms with Crippen molar-refractivity contribution < 1.29 is 19.1 Å². The van der Waals surface area contributed by atoms with Crippen LogP contribution < -0.4 is 10.6 Å². The van der Waals surface area contributed by atoms with E-state index in [2.05, 4.69) is 24.5 Å². The molecule has 202 valence electrons. The number of benzene rings is 3. The van der Waals surface area contributed by atoms with Crippen LogP contribution in [-0.4, -0.2) is 42.9 Å². The lowest BCUT2D eigenvalue weighted by Crippen LogP contribution is -2.33. The number of hydrogen-bond acceptors (Lipinski definition) is 6. The van der Waals surface area contributed by atoms with E-state index in [0.717, 1.165) is 5.69 Å². The molecule has 39 heavy (non-hydrogen) atoms. The molecule has 1 aliphatic rings. The summed E-state index contributed by atoms with van der Waals surface area (Å²) < 4.78 is 5.11. The van der Waals surface area contributed by atoms with Gasteiger partial charge in [-0.15, -0.1) is 0 Å². The van der Waals surface area contributed by atoms with Gasteiger partial charge in [-0.3, -0.25) is 19.3 Å². The second kappa shape index (κ2) is 13.0. The molecule has 4 rings (SSSR count). The van der Waals surface area contributed by atoms with Gasteiger partial charge in [0, 0.05) is 47.1 Å². The summed E-state index contributed by atoms with van der Waals surface area (Å²) >= 11 is 7.11. The summed E-state index contributed by atoms with van der Waals surface area (Å²) in [6.45, 7) is 4.92. The first kappa shape index (κ1) is 28.4. The Balaban J connectivity index is 1.58. The Hall–Kier alpha value is -3.59. The zero-order chi connectivity index (χ0) is 27.9. The summed E-state index contributed by atoms with van der Waals surface area (Å²) in [5.41, 5.74) is 3.16. The van der Waals surface area contributed by atoms with Gasteiger partial charge >= 0.3 is 0 Å². The SMILES string of the molecule is COCCCN1C(=O)C(Nc2ccc(C(C)C)cc2)=C(Sc2cccc(NC(=O)c3ccc(Cl)cc3)c2)C1=O. The molecule has 0 bridgehead atoms. The lowest BCUT2D eigenvalue weighted by atomic mass is 10.0. The van der Waals surface area contributed by atoms with Gasteiger partial charge in [0.1, 0.15) is 10.6 Å². The summed E-state index contributed by atoms with van der Waals surface area (Å²) in [5, 5.41) is 6.60. The molecule has 0 aromatic heterocycles. The van der Waals surface area contributed by atoms with E-state index in [0.29, 0.717) is 45.0 Å². The fraction of sp³-hybridized carbons (Fsp3) is 0.233. The van der Waals surface area contributed by atoms with Crippen LogP contribution in [0.25, 0.3) is 0 Å². The van der Waals surface area contributed by atoms with Gasteiger partial charge in [0.15, 0.2) is 0 Å². The van der Waals surface area contributed by atoms with E-state index in [1.165, 1.54) is 22.2 Å². The maximum Gasteiger partial charge on any atom is 0.278 e. The highest BCUT2D eigenvalue weighted by molar-refractivity contribution is 8.04. The standard InChI is InChI=1S/C30H30ClN3O4S/c1-19(2)20-10-14-23(15-11-20)32-26-27(30(37)34(29(26)36)16-5-17-38-3)39-25-7-4-6-24(18-25)33-28(35)21-8-12-22(31)13-9-21/h4,6-15,18-19,32H,5,16-17H2,1-3H3,(H,33,35). The van der Waals surface area contributed by atoms with E-state index in [4.69, 9.17) is 16.3 Å². The summed E-state index contributed by atoms with van der Waals surface area (Å²) in [6.07, 6.45) is 0.536. The van der Waals surface area contributed by atoms with Crippen molar-refractivity contribution in [3.8, 4) is 0 Å². The zero-order valence-corrected chi connectivity index (χ0v) is 23.6. The molecule has 9 heteroatoms. The second-order valence-electron chi connectivity index (χ2n) is 9.31. The third-order valence-electron chi connectivity index (χ3n) is 6.12. The van der Waals surface area contributed by atoms with Crippen molar-refractivity contribution in [1.82, 2.24) is 4.90 Å². The summed E-state index contributed by atoms with van der Waals surface area (Å²) in [7, 11) is 1.58. The van der Waals surface area contributed by atoms with Crippen LogP contribution in [-0.2, 0) is 14.3 Å². The molecule has 0 fully saturated rings. The molecular formula is C30H30ClN3O4S. The molecule has 0 spiro atoms. The maximum atomic E-state index is 13.4. The first-order valence-electron chi connectivity index (χ1n) is 12.6. The fourth-order valence-corrected chi connectivity index (χ4v) is 5.12. The number of rotatable bonds is 11. The van der Waals surface area contributed by atoms with Gasteiger partial charge in [0.05, 0.1) is 0 Å². The number of imide groups is 1. The highest BCUT2D eigenvalue weighted by atomic mass is 35.5.